The van der Waals surface area contributed by atoms with Crippen LogP contribution in [0.5, 0.6) is 5.75 Å². The number of piperidine rings is 1. The highest BCUT2D eigenvalue weighted by molar-refractivity contribution is 5.68. The van der Waals surface area contributed by atoms with Gasteiger partial charge >= 0.3 is 6.09 Å². The quantitative estimate of drug-likeness (QED) is 0.611. The van der Waals surface area contributed by atoms with Crippen LogP contribution in [0.15, 0.2) is 18.2 Å². The van der Waals surface area contributed by atoms with Crippen LogP contribution >= 0.6 is 0 Å². The third-order valence-electron chi connectivity index (χ3n) is 6.38. The van der Waals surface area contributed by atoms with Gasteiger partial charge in [-0.2, -0.15) is 0 Å². The van der Waals surface area contributed by atoms with Gasteiger partial charge in [0.05, 0.1) is 25.4 Å². The number of carbonyl (C=O) groups is 1. The zero-order chi connectivity index (χ0) is 23.1. The third-order valence-corrected chi connectivity index (χ3v) is 6.38. The number of benzene rings is 1. The van der Waals surface area contributed by atoms with E-state index < -0.39 is 5.60 Å². The average molecular weight is 447 g/mol. The summed E-state index contributed by atoms with van der Waals surface area (Å²) in [7, 11) is 0. The number of rotatable bonds is 7. The maximum absolute atomic E-state index is 12.2. The van der Waals surface area contributed by atoms with Crippen molar-refractivity contribution < 1.29 is 19.0 Å². The molecule has 2 fully saturated rings. The Morgan fingerprint density at radius 2 is 1.91 bits per heavy atom. The van der Waals surface area contributed by atoms with Crippen molar-refractivity contribution in [3.63, 3.8) is 0 Å². The van der Waals surface area contributed by atoms with Crippen LogP contribution in [0.1, 0.15) is 83.3 Å². The van der Waals surface area contributed by atoms with E-state index in [0.717, 1.165) is 50.8 Å². The number of amides is 1. The lowest BCUT2D eigenvalue weighted by molar-refractivity contribution is 0.00158. The molecule has 1 aromatic rings. The molecule has 6 nitrogen and oxygen atoms in total. The zero-order valence-electron chi connectivity index (χ0n) is 20.5. The van der Waals surface area contributed by atoms with Gasteiger partial charge in [0, 0.05) is 6.04 Å². The maximum atomic E-state index is 12.2. The van der Waals surface area contributed by atoms with Gasteiger partial charge in [-0.25, -0.2) is 4.79 Å². The summed E-state index contributed by atoms with van der Waals surface area (Å²) in [5, 5.41) is 6.58. The second-order valence-corrected chi connectivity index (χ2v) is 10.2. The van der Waals surface area contributed by atoms with Crippen LogP contribution in [-0.2, 0) is 9.47 Å². The summed E-state index contributed by atoms with van der Waals surface area (Å²) < 4.78 is 17.7. The molecule has 180 valence electrons. The number of carbonyl (C=O) groups excluding carboxylic acids is 1. The van der Waals surface area contributed by atoms with Gasteiger partial charge in [-0.15, -0.1) is 0 Å². The summed E-state index contributed by atoms with van der Waals surface area (Å²) in [5.74, 6) is 1.57. The molecule has 1 heterocycles. The van der Waals surface area contributed by atoms with Crippen LogP contribution in [0.4, 0.5) is 4.79 Å². The standard InChI is InChI=1S/C26H42N2O4/c1-6-30-24-14-9-18(2)16-21(24)19-10-12-20(13-11-19)31-17-23-22(8-7-15-27-23)28-25(29)32-26(3,4)5/h9,14,16,19-20,22-23,27H,6-8,10-13,15,17H2,1-5H3,(H,28,29)/t19-,20+,22?,23?. The van der Waals surface area contributed by atoms with Crippen LogP contribution < -0.4 is 15.4 Å². The first-order valence-electron chi connectivity index (χ1n) is 12.3. The van der Waals surface area contributed by atoms with E-state index in [1.54, 1.807) is 0 Å². The molecular formula is C26H42N2O4. The molecule has 1 aliphatic carbocycles. The van der Waals surface area contributed by atoms with Crippen molar-refractivity contribution in [1.29, 1.82) is 0 Å². The lowest BCUT2D eigenvalue weighted by Gasteiger charge is -2.36. The number of aryl methyl sites for hydroxylation is 1. The summed E-state index contributed by atoms with van der Waals surface area (Å²) in [6.07, 6.45) is 6.26. The van der Waals surface area contributed by atoms with Crippen molar-refractivity contribution in [2.24, 2.45) is 0 Å². The third kappa shape index (κ3) is 7.38. The molecule has 2 aliphatic rings. The highest BCUT2D eigenvalue weighted by atomic mass is 16.6. The number of hydrogen-bond donors (Lipinski definition) is 2. The largest absolute Gasteiger partial charge is 0.494 e. The second kappa shape index (κ2) is 11.4. The fourth-order valence-corrected chi connectivity index (χ4v) is 4.81. The van der Waals surface area contributed by atoms with E-state index in [1.807, 2.05) is 27.7 Å². The monoisotopic (exact) mass is 446 g/mol. The van der Waals surface area contributed by atoms with Crippen molar-refractivity contribution in [1.82, 2.24) is 10.6 Å². The normalized spacial score (nSPS) is 26.4. The molecule has 0 radical (unpaired) electrons. The van der Waals surface area contributed by atoms with Crippen molar-refractivity contribution in [3.8, 4) is 5.75 Å². The van der Waals surface area contributed by atoms with Crippen molar-refractivity contribution in [3.05, 3.63) is 29.3 Å². The molecule has 1 saturated heterocycles. The Morgan fingerprint density at radius 3 is 2.59 bits per heavy atom. The first-order chi connectivity index (χ1) is 15.2. The fraction of sp³-hybridized carbons (Fsp3) is 0.731. The summed E-state index contributed by atoms with van der Waals surface area (Å²) in [6.45, 7) is 12.1. The van der Waals surface area contributed by atoms with Crippen LogP contribution in [0.25, 0.3) is 0 Å². The van der Waals surface area contributed by atoms with Crippen LogP contribution in [-0.4, -0.2) is 49.6 Å². The molecule has 0 spiro atoms. The van der Waals surface area contributed by atoms with E-state index in [-0.39, 0.29) is 24.3 Å². The van der Waals surface area contributed by atoms with E-state index in [1.165, 1.54) is 11.1 Å². The molecular weight excluding hydrogens is 404 g/mol. The predicted octanol–water partition coefficient (Wildman–Crippen LogP) is 5.08. The maximum Gasteiger partial charge on any atom is 0.407 e. The molecule has 3 rings (SSSR count). The van der Waals surface area contributed by atoms with Gasteiger partial charge in [0.25, 0.3) is 0 Å². The number of nitrogens with one attached hydrogen (secondary N) is 2. The van der Waals surface area contributed by atoms with Crippen LogP contribution in [0.2, 0.25) is 0 Å². The smallest absolute Gasteiger partial charge is 0.407 e. The first-order valence-corrected chi connectivity index (χ1v) is 12.3. The van der Waals surface area contributed by atoms with Gasteiger partial charge in [0.2, 0.25) is 0 Å². The Labute approximate surface area is 193 Å². The zero-order valence-corrected chi connectivity index (χ0v) is 20.5. The van der Waals surface area contributed by atoms with E-state index >= 15 is 0 Å². The topological polar surface area (TPSA) is 68.8 Å². The molecule has 2 unspecified atom stereocenters. The van der Waals surface area contributed by atoms with Gasteiger partial charge < -0.3 is 24.8 Å². The highest BCUT2D eigenvalue weighted by Crippen LogP contribution is 2.39. The van der Waals surface area contributed by atoms with Gasteiger partial charge in [0.1, 0.15) is 11.4 Å². The Bertz CT molecular complexity index is 738. The van der Waals surface area contributed by atoms with Gasteiger partial charge in [-0.1, -0.05) is 17.7 Å². The fourth-order valence-electron chi connectivity index (χ4n) is 4.81. The molecule has 2 atom stereocenters. The molecule has 6 heteroatoms. The van der Waals surface area contributed by atoms with Crippen LogP contribution in [0, 0.1) is 6.92 Å². The summed E-state index contributed by atoms with van der Waals surface area (Å²) in [4.78, 5) is 12.2. The van der Waals surface area contributed by atoms with Gasteiger partial charge in [-0.05, 0) is 97.2 Å². The summed E-state index contributed by atoms with van der Waals surface area (Å²) >= 11 is 0. The molecule has 1 amide bonds. The lowest BCUT2D eigenvalue weighted by Crippen LogP contribution is -2.56. The minimum absolute atomic E-state index is 0.0379. The van der Waals surface area contributed by atoms with Crippen LogP contribution in [0.3, 0.4) is 0 Å². The molecule has 1 aliphatic heterocycles. The van der Waals surface area contributed by atoms with Gasteiger partial charge in [0.15, 0.2) is 0 Å². The van der Waals surface area contributed by atoms with Crippen molar-refractivity contribution in [2.75, 3.05) is 19.8 Å². The number of ether oxygens (including phenoxy) is 3. The molecule has 1 aromatic carbocycles. The second-order valence-electron chi connectivity index (χ2n) is 10.2. The molecule has 0 bridgehead atoms. The Kier molecular flexibility index (Phi) is 8.83. The minimum Gasteiger partial charge on any atom is -0.494 e. The summed E-state index contributed by atoms with van der Waals surface area (Å²) in [5.41, 5.74) is 2.14. The Hall–Kier alpha value is -1.79. The molecule has 1 saturated carbocycles. The molecule has 0 aromatic heterocycles. The number of hydrogen-bond acceptors (Lipinski definition) is 5. The summed E-state index contributed by atoms with van der Waals surface area (Å²) in [6, 6.07) is 6.69. The first kappa shape index (κ1) is 24.8. The number of alkyl carbamates (subject to hydrolysis) is 1. The predicted molar refractivity (Wildman–Crippen MR) is 127 cm³/mol. The Balaban J connectivity index is 1.48. The van der Waals surface area contributed by atoms with E-state index in [0.29, 0.717) is 19.1 Å². The van der Waals surface area contributed by atoms with Gasteiger partial charge in [-0.3, -0.25) is 0 Å². The minimum atomic E-state index is -0.490. The molecule has 2 N–H and O–H groups in total. The van der Waals surface area contributed by atoms with E-state index in [9.17, 15) is 4.79 Å². The van der Waals surface area contributed by atoms with Crippen molar-refractivity contribution in [2.45, 2.75) is 103 Å². The molecule has 32 heavy (non-hydrogen) atoms. The highest BCUT2D eigenvalue weighted by Gasteiger charge is 2.30. The average Bonchev–Trinajstić information content (AvgIpc) is 2.73. The lowest BCUT2D eigenvalue weighted by atomic mass is 9.82. The van der Waals surface area contributed by atoms with E-state index in [4.69, 9.17) is 14.2 Å². The van der Waals surface area contributed by atoms with E-state index in [2.05, 4.69) is 35.8 Å². The SMILES string of the molecule is CCOc1ccc(C)cc1[C@H]1CC[C@@H](OCC2NCCCC2NC(=O)OC(C)(C)C)CC1. The van der Waals surface area contributed by atoms with Crippen molar-refractivity contribution >= 4 is 6.09 Å². The Morgan fingerprint density at radius 1 is 1.16 bits per heavy atom.